The second-order valence-corrected chi connectivity index (χ2v) is 5.88. The van der Waals surface area contributed by atoms with Crippen LogP contribution in [0.2, 0.25) is 0 Å². The summed E-state index contributed by atoms with van der Waals surface area (Å²) >= 11 is 13.6. The fourth-order valence-electron chi connectivity index (χ4n) is 1.42. The first-order valence-electron chi connectivity index (χ1n) is 6.44. The minimum Gasteiger partial charge on any atom is -0.469 e. The predicted octanol–water partition coefficient (Wildman–Crippen LogP) is 2.07. The number of hydrazine groups is 1. The molecule has 0 aliphatic heterocycles. The van der Waals surface area contributed by atoms with Crippen LogP contribution in [0.25, 0.3) is 0 Å². The molecule has 120 valence electrons. The molecule has 22 heavy (non-hydrogen) atoms. The zero-order chi connectivity index (χ0) is 16.4. The third-order valence-corrected chi connectivity index (χ3v) is 3.39. The lowest BCUT2D eigenvalue weighted by atomic mass is 10.3. The zero-order valence-corrected chi connectivity index (χ0v) is 15.2. The van der Waals surface area contributed by atoms with Gasteiger partial charge in [-0.1, -0.05) is 22.0 Å². The molecule has 0 heterocycles. The van der Waals surface area contributed by atoms with Gasteiger partial charge in [0.15, 0.2) is 10.2 Å². The van der Waals surface area contributed by atoms with Gasteiger partial charge in [0, 0.05) is 23.1 Å². The zero-order valence-electron chi connectivity index (χ0n) is 11.9. The first kappa shape index (κ1) is 18.6. The number of anilines is 1. The Bertz CT molecular complexity index is 543. The third-order valence-electron chi connectivity index (χ3n) is 2.44. The average molecular weight is 405 g/mol. The van der Waals surface area contributed by atoms with Crippen molar-refractivity contribution >= 4 is 62.2 Å². The summed E-state index contributed by atoms with van der Waals surface area (Å²) in [7, 11) is 1.37. The van der Waals surface area contributed by atoms with Gasteiger partial charge in [-0.05, 0) is 49.1 Å². The van der Waals surface area contributed by atoms with Gasteiger partial charge >= 0.3 is 5.97 Å². The Morgan fingerprint density at radius 1 is 1.27 bits per heavy atom. The maximum absolute atomic E-state index is 10.9. The molecule has 6 nitrogen and oxygen atoms in total. The van der Waals surface area contributed by atoms with Crippen LogP contribution in [0.3, 0.4) is 0 Å². The summed E-state index contributed by atoms with van der Waals surface area (Å²) in [6, 6.07) is 7.61. The van der Waals surface area contributed by atoms with Gasteiger partial charge in [-0.3, -0.25) is 15.6 Å². The van der Waals surface area contributed by atoms with Gasteiger partial charge in [-0.2, -0.15) is 0 Å². The number of nitrogens with one attached hydrogen (secondary N) is 4. The maximum atomic E-state index is 10.9. The van der Waals surface area contributed by atoms with Crippen molar-refractivity contribution < 1.29 is 9.53 Å². The molecule has 0 bridgehead atoms. The van der Waals surface area contributed by atoms with Gasteiger partial charge in [-0.25, -0.2) is 0 Å². The highest BCUT2D eigenvalue weighted by molar-refractivity contribution is 9.10. The summed E-state index contributed by atoms with van der Waals surface area (Å²) in [5, 5.41) is 6.73. The molecule has 0 saturated carbocycles. The fraction of sp³-hybridized carbons (Fsp3) is 0.308. The number of carbonyl (C=O) groups excluding carboxylic acids is 1. The number of esters is 1. The Morgan fingerprint density at radius 3 is 2.68 bits per heavy atom. The highest BCUT2D eigenvalue weighted by Crippen LogP contribution is 2.15. The lowest BCUT2D eigenvalue weighted by Crippen LogP contribution is -2.48. The molecule has 0 atom stereocenters. The van der Waals surface area contributed by atoms with Crippen LogP contribution in [0.1, 0.15) is 12.8 Å². The summed E-state index contributed by atoms with van der Waals surface area (Å²) in [6.07, 6.45) is 0.984. The molecule has 9 heteroatoms. The molecule has 1 aromatic rings. The summed E-state index contributed by atoms with van der Waals surface area (Å²) in [5.74, 6) is -0.238. The SMILES string of the molecule is COC(=O)CCCNC(=S)NNC(=S)Nc1cccc(Br)c1. The number of hydrogen-bond donors (Lipinski definition) is 4. The van der Waals surface area contributed by atoms with Crippen LogP contribution < -0.4 is 21.5 Å². The number of methoxy groups -OCH3 is 1. The highest BCUT2D eigenvalue weighted by atomic mass is 79.9. The molecular weight excluding hydrogens is 388 g/mol. The fourth-order valence-corrected chi connectivity index (χ4v) is 2.14. The maximum Gasteiger partial charge on any atom is 0.305 e. The Kier molecular flexibility index (Phi) is 8.71. The van der Waals surface area contributed by atoms with Crippen molar-refractivity contribution in [2.45, 2.75) is 12.8 Å². The topological polar surface area (TPSA) is 74.4 Å². The van der Waals surface area contributed by atoms with E-state index in [-0.39, 0.29) is 5.97 Å². The second kappa shape index (κ2) is 10.3. The molecule has 1 aromatic carbocycles. The molecule has 0 spiro atoms. The van der Waals surface area contributed by atoms with E-state index in [1.54, 1.807) is 0 Å². The Hall–Kier alpha value is -1.45. The number of carbonyl (C=O) groups is 1. The van der Waals surface area contributed by atoms with Gasteiger partial charge in [-0.15, -0.1) is 0 Å². The molecule has 0 aliphatic rings. The van der Waals surface area contributed by atoms with Crippen molar-refractivity contribution in [2.24, 2.45) is 0 Å². The third kappa shape index (κ3) is 8.11. The number of hydrogen-bond acceptors (Lipinski definition) is 4. The standard InChI is InChI=1S/C13H17BrN4O2S2/c1-20-11(19)6-3-7-15-12(21)17-18-13(22)16-10-5-2-4-9(14)8-10/h2,4-5,8H,3,6-7H2,1H3,(H2,15,17,21)(H2,16,18,22). The van der Waals surface area contributed by atoms with Crippen molar-refractivity contribution in [3.63, 3.8) is 0 Å². The molecule has 0 aliphatic carbocycles. The first-order valence-corrected chi connectivity index (χ1v) is 8.05. The summed E-state index contributed by atoms with van der Waals surface area (Å²) in [6.45, 7) is 0.564. The van der Waals surface area contributed by atoms with Crippen LogP contribution in [-0.4, -0.2) is 29.8 Å². The molecule has 0 amide bonds. The molecule has 4 N–H and O–H groups in total. The quantitative estimate of drug-likeness (QED) is 0.257. The van der Waals surface area contributed by atoms with Gasteiger partial charge in [0.05, 0.1) is 7.11 Å². The number of thiocarbonyl (C=S) groups is 2. The van der Waals surface area contributed by atoms with E-state index in [2.05, 4.69) is 42.2 Å². The van der Waals surface area contributed by atoms with Crippen LogP contribution >= 0.6 is 40.4 Å². The van der Waals surface area contributed by atoms with Crippen LogP contribution in [0.15, 0.2) is 28.7 Å². The van der Waals surface area contributed by atoms with E-state index in [9.17, 15) is 4.79 Å². The van der Waals surface area contributed by atoms with Crippen LogP contribution in [0.4, 0.5) is 5.69 Å². The monoisotopic (exact) mass is 404 g/mol. The van der Waals surface area contributed by atoms with Gasteiger partial charge < -0.3 is 15.4 Å². The minimum absolute atomic E-state index is 0.238. The molecule has 0 unspecified atom stereocenters. The Labute approximate surface area is 148 Å². The number of ether oxygens (including phenoxy) is 1. The predicted molar refractivity (Wildman–Crippen MR) is 98.5 cm³/mol. The van der Waals surface area contributed by atoms with E-state index < -0.39 is 0 Å². The smallest absolute Gasteiger partial charge is 0.305 e. The van der Waals surface area contributed by atoms with Crippen molar-refractivity contribution in [1.82, 2.24) is 16.2 Å². The summed E-state index contributed by atoms with van der Waals surface area (Å²) in [5.41, 5.74) is 6.38. The van der Waals surface area contributed by atoms with E-state index in [4.69, 9.17) is 24.4 Å². The van der Waals surface area contributed by atoms with Crippen LogP contribution in [0.5, 0.6) is 0 Å². The summed E-state index contributed by atoms with van der Waals surface area (Å²) in [4.78, 5) is 10.9. The Morgan fingerprint density at radius 2 is 2.00 bits per heavy atom. The van der Waals surface area contributed by atoms with E-state index >= 15 is 0 Å². The molecule has 1 rings (SSSR count). The Balaban J connectivity index is 2.18. The molecule has 0 radical (unpaired) electrons. The largest absolute Gasteiger partial charge is 0.469 e. The van der Waals surface area contributed by atoms with E-state index in [0.29, 0.717) is 29.6 Å². The number of halogens is 1. The van der Waals surface area contributed by atoms with E-state index in [1.807, 2.05) is 24.3 Å². The molecule has 0 fully saturated rings. The van der Waals surface area contributed by atoms with Crippen LogP contribution in [0, 0.1) is 0 Å². The average Bonchev–Trinajstić information content (AvgIpc) is 2.49. The highest BCUT2D eigenvalue weighted by Gasteiger charge is 2.01. The number of rotatable bonds is 5. The lowest BCUT2D eigenvalue weighted by Gasteiger charge is -2.14. The van der Waals surface area contributed by atoms with Gasteiger partial charge in [0.2, 0.25) is 0 Å². The molecule has 0 aromatic heterocycles. The van der Waals surface area contributed by atoms with E-state index in [0.717, 1.165) is 10.2 Å². The molecule has 0 saturated heterocycles. The minimum atomic E-state index is -0.238. The van der Waals surface area contributed by atoms with Crippen molar-refractivity contribution in [3.8, 4) is 0 Å². The lowest BCUT2D eigenvalue weighted by molar-refractivity contribution is -0.140. The van der Waals surface area contributed by atoms with Crippen molar-refractivity contribution in [1.29, 1.82) is 0 Å². The van der Waals surface area contributed by atoms with E-state index in [1.165, 1.54) is 7.11 Å². The summed E-state index contributed by atoms with van der Waals surface area (Å²) < 4.78 is 5.50. The first-order chi connectivity index (χ1) is 10.5. The van der Waals surface area contributed by atoms with Crippen molar-refractivity contribution in [2.75, 3.05) is 19.0 Å². The van der Waals surface area contributed by atoms with Crippen molar-refractivity contribution in [3.05, 3.63) is 28.7 Å². The number of benzene rings is 1. The second-order valence-electron chi connectivity index (χ2n) is 4.15. The molecular formula is C13H17BrN4O2S2. The van der Waals surface area contributed by atoms with Gasteiger partial charge in [0.1, 0.15) is 0 Å². The van der Waals surface area contributed by atoms with Gasteiger partial charge in [0.25, 0.3) is 0 Å². The van der Waals surface area contributed by atoms with Crippen LogP contribution in [-0.2, 0) is 9.53 Å². The normalized spacial score (nSPS) is 9.55.